The molecule has 42 heavy (non-hydrogen) atoms. The zero-order chi connectivity index (χ0) is 30.3. The summed E-state index contributed by atoms with van der Waals surface area (Å²) < 4.78 is 11.0. The van der Waals surface area contributed by atoms with E-state index in [9.17, 15) is 35.1 Å². The van der Waals surface area contributed by atoms with Gasteiger partial charge in [0.1, 0.15) is 29.8 Å². The molecule has 5 N–H and O–H groups in total. The molecule has 0 bridgehead atoms. The fraction of sp³-hybridized carbons (Fsp3) is 0.533. The number of benzene rings is 2. The number of ether oxygens (including phenoxy) is 2. The molecule has 2 fully saturated rings. The minimum atomic E-state index is -1.86. The average Bonchev–Trinajstić information content (AvgIpc) is 3.37. The van der Waals surface area contributed by atoms with Crippen LogP contribution in [0.5, 0.6) is 11.5 Å². The first-order valence-corrected chi connectivity index (χ1v) is 14.2. The maximum absolute atomic E-state index is 13.6. The van der Waals surface area contributed by atoms with Crippen LogP contribution in [-0.2, 0) is 29.2 Å². The number of rotatable bonds is 7. The molecule has 5 rings (SSSR count). The molecular formula is C30H39N3O9. The molecule has 12 heteroatoms. The summed E-state index contributed by atoms with van der Waals surface area (Å²) in [4.78, 5) is 31.5. The van der Waals surface area contributed by atoms with Gasteiger partial charge in [0.25, 0.3) is 5.91 Å². The molecule has 1 amide bonds. The van der Waals surface area contributed by atoms with Gasteiger partial charge in [-0.3, -0.25) is 9.69 Å². The van der Waals surface area contributed by atoms with Gasteiger partial charge < -0.3 is 44.8 Å². The van der Waals surface area contributed by atoms with Gasteiger partial charge in [-0.2, -0.15) is 0 Å². The fourth-order valence-electron chi connectivity index (χ4n) is 5.71. The molecule has 2 saturated heterocycles. The molecule has 0 saturated carbocycles. The van der Waals surface area contributed by atoms with Crippen LogP contribution in [-0.4, -0.2) is 116 Å². The zero-order valence-electron chi connectivity index (χ0n) is 24.0. The van der Waals surface area contributed by atoms with Crippen LogP contribution < -0.4 is 4.74 Å². The van der Waals surface area contributed by atoms with Gasteiger partial charge in [-0.05, 0) is 41.3 Å². The lowest BCUT2D eigenvalue weighted by molar-refractivity contribution is -0.271. The van der Waals surface area contributed by atoms with Crippen LogP contribution in [0.1, 0.15) is 52.4 Å². The minimum absolute atomic E-state index is 0.0501. The number of aliphatic hydroxyl groups is 3. The quantitative estimate of drug-likeness (QED) is 0.311. The van der Waals surface area contributed by atoms with Crippen molar-refractivity contribution in [3.8, 4) is 11.5 Å². The predicted molar refractivity (Wildman–Crippen MR) is 150 cm³/mol. The van der Waals surface area contributed by atoms with Gasteiger partial charge in [0, 0.05) is 51.9 Å². The smallest absolute Gasteiger partial charge is 0.335 e. The fourth-order valence-corrected chi connectivity index (χ4v) is 5.71. The van der Waals surface area contributed by atoms with Gasteiger partial charge in [0.15, 0.2) is 6.10 Å². The lowest BCUT2D eigenvalue weighted by Gasteiger charge is -2.38. The van der Waals surface area contributed by atoms with E-state index in [0.717, 1.165) is 43.9 Å². The van der Waals surface area contributed by atoms with Crippen molar-refractivity contribution in [2.45, 2.75) is 70.1 Å². The van der Waals surface area contributed by atoms with Crippen molar-refractivity contribution in [2.75, 3.05) is 33.2 Å². The van der Waals surface area contributed by atoms with E-state index in [2.05, 4.69) is 35.0 Å². The van der Waals surface area contributed by atoms with Crippen molar-refractivity contribution >= 4 is 11.9 Å². The normalized spacial score (nSPS) is 26.8. The van der Waals surface area contributed by atoms with Crippen molar-refractivity contribution < 1.29 is 44.6 Å². The number of phenols is 1. The van der Waals surface area contributed by atoms with Gasteiger partial charge >= 0.3 is 5.97 Å². The molecular weight excluding hydrogens is 546 g/mol. The number of carboxylic acids is 1. The van der Waals surface area contributed by atoms with Crippen molar-refractivity contribution in [2.24, 2.45) is 0 Å². The number of phenolic OH excluding ortho intramolecular Hbond substituents is 1. The van der Waals surface area contributed by atoms with Gasteiger partial charge in [-0.1, -0.05) is 32.0 Å². The first kappa shape index (κ1) is 30.2. The van der Waals surface area contributed by atoms with E-state index in [1.54, 1.807) is 4.90 Å². The van der Waals surface area contributed by atoms with Crippen LogP contribution >= 0.6 is 0 Å². The highest BCUT2D eigenvalue weighted by Gasteiger charge is 2.48. The second kappa shape index (κ2) is 12.2. The molecule has 3 heterocycles. The summed E-state index contributed by atoms with van der Waals surface area (Å²) >= 11 is 0. The molecule has 228 valence electrons. The largest absolute Gasteiger partial charge is 0.507 e. The lowest BCUT2D eigenvalue weighted by Crippen LogP contribution is -2.61. The first-order chi connectivity index (χ1) is 19.9. The molecule has 0 radical (unpaired) electrons. The summed E-state index contributed by atoms with van der Waals surface area (Å²) in [6.45, 7) is 9.50. The van der Waals surface area contributed by atoms with Crippen LogP contribution in [0.3, 0.4) is 0 Å². The van der Waals surface area contributed by atoms with Gasteiger partial charge in [-0.15, -0.1) is 0 Å². The van der Waals surface area contributed by atoms with E-state index in [-0.39, 0.29) is 28.9 Å². The highest BCUT2D eigenvalue weighted by Crippen LogP contribution is 2.37. The molecule has 1 unspecified atom stereocenters. The van der Waals surface area contributed by atoms with Crippen molar-refractivity contribution in [1.29, 1.82) is 0 Å². The Morgan fingerprint density at radius 3 is 2.33 bits per heavy atom. The number of aromatic hydroxyl groups is 1. The summed E-state index contributed by atoms with van der Waals surface area (Å²) in [5, 5.41) is 50.7. The second-order valence-electron chi connectivity index (χ2n) is 11.8. The predicted octanol–water partition coefficient (Wildman–Crippen LogP) is 0.690. The monoisotopic (exact) mass is 585 g/mol. The Bertz CT molecular complexity index is 1330. The maximum Gasteiger partial charge on any atom is 0.335 e. The molecule has 3 aliphatic heterocycles. The van der Waals surface area contributed by atoms with E-state index in [4.69, 9.17) is 9.47 Å². The molecule has 12 nitrogen and oxygen atoms in total. The van der Waals surface area contributed by atoms with Crippen LogP contribution in [0.15, 0.2) is 30.3 Å². The standard InChI is InChI=1S/C30H39N3O9/c1-16(2)20-11-21(22(34)12-23(20)41-30-26(37)24(35)25(36)27(42-30)29(39)40)28(38)33-14-18-5-4-17(10-19(18)15-33)13-32-8-6-31(3)7-9-32/h4-5,10-12,16,24-27,30,34-37H,6-9,13-15H2,1-3H3,(H,39,40)/t24-,25-,26+,27-,30?/m0/s1. The third-order valence-corrected chi connectivity index (χ3v) is 8.32. The van der Waals surface area contributed by atoms with Gasteiger partial charge in [-0.25, -0.2) is 4.79 Å². The number of carboxylic acid groups (broad SMARTS) is 1. The van der Waals surface area contributed by atoms with Crippen molar-refractivity contribution in [1.82, 2.24) is 14.7 Å². The number of fused-ring (bicyclic) bond motifs is 1. The summed E-state index contributed by atoms with van der Waals surface area (Å²) in [6.07, 6.45) is -8.92. The molecule has 3 aliphatic rings. The van der Waals surface area contributed by atoms with E-state index >= 15 is 0 Å². The number of carbonyl (C=O) groups is 2. The average molecular weight is 586 g/mol. The van der Waals surface area contributed by atoms with E-state index in [1.807, 2.05) is 13.8 Å². The summed E-state index contributed by atoms with van der Waals surface area (Å²) in [5.41, 5.74) is 3.93. The van der Waals surface area contributed by atoms with Gasteiger partial charge in [0.05, 0.1) is 5.56 Å². The lowest BCUT2D eigenvalue weighted by atomic mass is 9.97. The van der Waals surface area contributed by atoms with E-state index < -0.39 is 36.7 Å². The maximum atomic E-state index is 13.6. The van der Waals surface area contributed by atoms with Crippen LogP contribution in [0, 0.1) is 0 Å². The highest BCUT2D eigenvalue weighted by atomic mass is 16.7. The molecule has 0 aromatic heterocycles. The number of aliphatic carboxylic acids is 1. The number of likely N-dealkylation sites (N-methyl/N-ethyl adjacent to an activating group) is 1. The van der Waals surface area contributed by atoms with E-state index in [1.165, 1.54) is 17.7 Å². The Morgan fingerprint density at radius 1 is 0.976 bits per heavy atom. The molecule has 2 aromatic carbocycles. The molecule has 0 spiro atoms. The van der Waals surface area contributed by atoms with Crippen LogP contribution in [0.25, 0.3) is 0 Å². The highest BCUT2D eigenvalue weighted by molar-refractivity contribution is 5.97. The topological polar surface area (TPSA) is 163 Å². The Morgan fingerprint density at radius 2 is 1.67 bits per heavy atom. The SMILES string of the molecule is CC(C)c1cc(C(=O)N2Cc3ccc(CN4CCN(C)CC4)cc3C2)c(O)cc1OC1O[C@H](C(=O)O)[C@@H](O)[C@H](O)[C@H]1O. The number of nitrogens with zero attached hydrogens (tertiary/aromatic N) is 3. The van der Waals surface area contributed by atoms with Crippen LogP contribution in [0.4, 0.5) is 0 Å². The van der Waals surface area contributed by atoms with Gasteiger partial charge in [0.2, 0.25) is 6.29 Å². The van der Waals surface area contributed by atoms with E-state index in [0.29, 0.717) is 18.7 Å². The summed E-state index contributed by atoms with van der Waals surface area (Å²) in [6, 6.07) is 9.08. The number of hydrogen-bond donors (Lipinski definition) is 5. The van der Waals surface area contributed by atoms with Crippen molar-refractivity contribution in [3.63, 3.8) is 0 Å². The minimum Gasteiger partial charge on any atom is -0.507 e. The third-order valence-electron chi connectivity index (χ3n) is 8.32. The van der Waals surface area contributed by atoms with Crippen molar-refractivity contribution in [3.05, 3.63) is 58.1 Å². The summed E-state index contributed by atoms with van der Waals surface area (Å²) in [5.74, 6) is -2.39. The molecule has 2 aromatic rings. The Hall–Kier alpha value is -3.26. The molecule has 5 atom stereocenters. The number of hydrogen-bond acceptors (Lipinski definition) is 10. The first-order valence-electron chi connectivity index (χ1n) is 14.2. The Balaban J connectivity index is 1.31. The number of carbonyl (C=O) groups excluding carboxylic acids is 1. The number of amides is 1. The summed E-state index contributed by atoms with van der Waals surface area (Å²) in [7, 11) is 2.13. The van der Waals surface area contributed by atoms with Crippen LogP contribution in [0.2, 0.25) is 0 Å². The Labute approximate surface area is 244 Å². The molecule has 0 aliphatic carbocycles. The third kappa shape index (κ3) is 6.10. The number of aliphatic hydroxyl groups excluding tert-OH is 3. The Kier molecular flexibility index (Phi) is 8.74. The number of piperazine rings is 1. The second-order valence-corrected chi connectivity index (χ2v) is 11.8. The zero-order valence-corrected chi connectivity index (χ0v) is 24.0.